The summed E-state index contributed by atoms with van der Waals surface area (Å²) in [5.74, 6) is -6.55. The first-order valence-electron chi connectivity index (χ1n) is 25.6. The van der Waals surface area contributed by atoms with Crippen LogP contribution in [0.5, 0.6) is 0 Å². The molecule has 12 nitrogen and oxygen atoms in total. The van der Waals surface area contributed by atoms with Crippen LogP contribution < -0.4 is 0 Å². The van der Waals surface area contributed by atoms with E-state index >= 15 is 19.2 Å². The maximum Gasteiger partial charge on any atom is 0.333 e. The number of hydrogen-bond acceptors (Lipinski definition) is 15. The summed E-state index contributed by atoms with van der Waals surface area (Å²) >= 11 is 3.55. The van der Waals surface area contributed by atoms with E-state index in [9.17, 15) is 19.2 Å². The number of thiophene rings is 3. The number of benzene rings is 6. The van der Waals surface area contributed by atoms with Gasteiger partial charge in [-0.1, -0.05) is 170 Å². The zero-order chi connectivity index (χ0) is 55.6. The molecular formula is C66H40O12S3. The lowest BCUT2D eigenvalue weighted by Gasteiger charge is -2.28. The number of allylic oxidation sites excluding steroid dienone is 4. The van der Waals surface area contributed by atoms with Crippen LogP contribution in [0.15, 0.2) is 204 Å². The molecule has 0 amide bonds. The highest BCUT2D eigenvalue weighted by atomic mass is 32.1. The molecular weight excluding hydrogens is 1080 g/mol. The van der Waals surface area contributed by atoms with Gasteiger partial charge in [0, 0.05) is 43.1 Å². The first-order valence-corrected chi connectivity index (χ1v) is 28.0. The second-order valence-electron chi connectivity index (χ2n) is 19.6. The van der Waals surface area contributed by atoms with Crippen LogP contribution >= 0.6 is 34.0 Å². The Labute approximate surface area is 473 Å². The summed E-state index contributed by atoms with van der Waals surface area (Å²) in [4.78, 5) is 120. The summed E-state index contributed by atoms with van der Waals surface area (Å²) in [7, 11) is 0. The molecule has 0 atom stereocenters. The highest BCUT2D eigenvalue weighted by Crippen LogP contribution is 2.61. The van der Waals surface area contributed by atoms with Crippen LogP contribution in [0, 0.1) is 0 Å². The van der Waals surface area contributed by atoms with Crippen LogP contribution in [-0.4, -0.2) is 47.0 Å². The Morgan fingerprint density at radius 1 is 0.346 bits per heavy atom. The Morgan fingerprint density at radius 3 is 0.877 bits per heavy atom. The zero-order valence-electron chi connectivity index (χ0n) is 42.4. The van der Waals surface area contributed by atoms with Gasteiger partial charge in [0.25, 0.3) is 0 Å². The van der Waals surface area contributed by atoms with Gasteiger partial charge >= 0.3 is 23.9 Å². The molecule has 0 bridgehead atoms. The molecule has 0 spiro atoms. The molecule has 394 valence electrons. The second kappa shape index (κ2) is 20.3. The van der Waals surface area contributed by atoms with E-state index in [2.05, 4.69) is 0 Å². The van der Waals surface area contributed by atoms with Crippen molar-refractivity contribution in [2.24, 2.45) is 0 Å². The topological polar surface area (TPSA) is 173 Å². The van der Waals surface area contributed by atoms with E-state index in [0.29, 0.717) is 50.8 Å². The van der Waals surface area contributed by atoms with Gasteiger partial charge in [-0.2, -0.15) is 0 Å². The van der Waals surface area contributed by atoms with Gasteiger partial charge in [-0.3, -0.25) is 38.4 Å². The van der Waals surface area contributed by atoms with Crippen molar-refractivity contribution < 1.29 is 57.3 Å². The van der Waals surface area contributed by atoms with Crippen molar-refractivity contribution >= 4 is 112 Å². The van der Waals surface area contributed by atoms with Crippen molar-refractivity contribution in [3.05, 3.63) is 270 Å². The van der Waals surface area contributed by atoms with Crippen molar-refractivity contribution in [3.8, 4) is 0 Å². The van der Waals surface area contributed by atoms with E-state index in [0.717, 1.165) is 11.3 Å². The van der Waals surface area contributed by atoms with Gasteiger partial charge < -0.3 is 18.9 Å². The van der Waals surface area contributed by atoms with Gasteiger partial charge in [-0.15, -0.1) is 34.0 Å². The fourth-order valence-corrected chi connectivity index (χ4v) is 15.6. The predicted octanol–water partition coefficient (Wildman–Crippen LogP) is 12.4. The molecule has 3 aromatic heterocycles. The van der Waals surface area contributed by atoms with Gasteiger partial charge in [0.15, 0.2) is 23.1 Å². The SMILES string of the molecule is O=C1C(=CC2=Cc3sc4c(sc5c6c(sc54)C=C(C=C4C(=O)c5ccccc5C4=O)C6(C(=O)OCc4ccccc4)C(=O)OCc4ccccc4)c3C2(C(=O)OCc2ccccc2)C(=O)OCc2ccccc2)C(=O)c2ccccc21. The summed E-state index contributed by atoms with van der Waals surface area (Å²) in [6.45, 7) is -1.08. The number of carbonyl (C=O) groups excluding carboxylic acids is 8. The summed E-state index contributed by atoms with van der Waals surface area (Å²) in [5.41, 5.74) is -2.14. The Balaban J connectivity index is 1.03. The van der Waals surface area contributed by atoms with Gasteiger partial charge in [-0.25, -0.2) is 0 Å². The normalized spacial score (nSPS) is 15.2. The number of ketones is 4. The molecule has 0 fully saturated rings. The Bertz CT molecular complexity index is 3870. The Kier molecular flexibility index (Phi) is 12.8. The number of hydrogen-bond donors (Lipinski definition) is 0. The van der Waals surface area contributed by atoms with Crippen molar-refractivity contribution in [2.45, 2.75) is 37.3 Å². The zero-order valence-corrected chi connectivity index (χ0v) is 44.9. The predicted molar refractivity (Wildman–Crippen MR) is 306 cm³/mol. The largest absolute Gasteiger partial charge is 0.459 e. The average Bonchev–Trinajstić information content (AvgIpc) is 4.55. The maximum atomic E-state index is 15.7. The summed E-state index contributed by atoms with van der Waals surface area (Å²) < 4.78 is 26.7. The van der Waals surface area contributed by atoms with E-state index < -0.39 is 57.8 Å². The summed E-state index contributed by atoms with van der Waals surface area (Å²) in [6.07, 6.45) is 5.78. The molecule has 0 N–H and O–H groups in total. The van der Waals surface area contributed by atoms with Crippen molar-refractivity contribution in [2.75, 3.05) is 0 Å². The smallest absolute Gasteiger partial charge is 0.333 e. The number of fused-ring (bicyclic) bond motifs is 9. The fourth-order valence-electron chi connectivity index (χ4n) is 11.0. The lowest BCUT2D eigenvalue weighted by molar-refractivity contribution is -0.166. The average molecular weight is 1120 g/mol. The van der Waals surface area contributed by atoms with Gasteiger partial charge in [-0.05, 0) is 57.7 Å². The highest BCUT2D eigenvalue weighted by Gasteiger charge is 2.62. The third-order valence-corrected chi connectivity index (χ3v) is 18.8. The minimum Gasteiger partial charge on any atom is -0.459 e. The van der Waals surface area contributed by atoms with Gasteiger partial charge in [0.1, 0.15) is 26.4 Å². The van der Waals surface area contributed by atoms with E-state index in [1.54, 1.807) is 158 Å². The van der Waals surface area contributed by atoms with Crippen LogP contribution in [0.3, 0.4) is 0 Å². The van der Waals surface area contributed by atoms with Crippen molar-refractivity contribution in [1.29, 1.82) is 0 Å². The number of esters is 4. The number of Topliss-reactive ketones (excluding diaryl/α,β-unsaturated/α-hetero) is 4. The van der Waals surface area contributed by atoms with E-state index in [4.69, 9.17) is 18.9 Å². The minimum absolute atomic E-state index is 0.0425. The molecule has 3 heterocycles. The number of rotatable bonds is 14. The number of ether oxygens (including phenoxy) is 4. The van der Waals surface area contributed by atoms with Crippen LogP contribution in [0.4, 0.5) is 0 Å². The molecule has 9 aromatic rings. The molecule has 81 heavy (non-hydrogen) atoms. The molecule has 0 aliphatic heterocycles. The van der Waals surface area contributed by atoms with E-state index in [1.807, 2.05) is 24.3 Å². The molecule has 0 unspecified atom stereocenters. The summed E-state index contributed by atoms with van der Waals surface area (Å²) in [5, 5.41) is 0. The monoisotopic (exact) mass is 1120 g/mol. The van der Waals surface area contributed by atoms with Crippen LogP contribution in [0.25, 0.3) is 31.0 Å². The number of carbonyl (C=O) groups is 8. The third kappa shape index (κ3) is 8.22. The molecule has 4 aliphatic rings. The van der Waals surface area contributed by atoms with Crippen LogP contribution in [0.2, 0.25) is 0 Å². The Morgan fingerprint density at radius 2 is 0.605 bits per heavy atom. The van der Waals surface area contributed by atoms with Crippen LogP contribution in [-0.2, 0) is 75.4 Å². The fraction of sp³-hybridized carbons (Fsp3) is 0.0909. The highest BCUT2D eigenvalue weighted by molar-refractivity contribution is 7.39. The third-order valence-electron chi connectivity index (χ3n) is 14.9. The second-order valence-corrected chi connectivity index (χ2v) is 22.7. The van der Waals surface area contributed by atoms with Crippen molar-refractivity contribution in [1.82, 2.24) is 0 Å². The Hall–Kier alpha value is -9.54. The minimum atomic E-state index is -2.47. The first kappa shape index (κ1) is 50.9. The molecule has 0 radical (unpaired) electrons. The molecule has 0 saturated carbocycles. The van der Waals surface area contributed by atoms with Crippen LogP contribution in [0.1, 0.15) is 84.6 Å². The standard InChI is InChI=1S/C66H40O12S3/c67-53-43-25-13-14-26-44(43)54(68)47(53)29-41-31-49-51(65(41,61(71)75-33-37-17-5-1-6-18-37)62(72)76-34-38-19-7-2-8-20-38)57-59(79-49)60-58(81-57)52-50(80-60)32-42(30-48-55(69)45-27-15-16-28-46(45)56(48)70)66(52,63(73)77-35-39-21-9-3-10-22-39)64(74)78-36-40-23-11-4-12-24-40/h1-32H,33-36H2. The molecule has 6 aromatic carbocycles. The first-order chi connectivity index (χ1) is 39.5. The van der Waals surface area contributed by atoms with Crippen molar-refractivity contribution in [3.63, 3.8) is 0 Å². The van der Waals surface area contributed by atoms with E-state index in [-0.39, 0.29) is 82.1 Å². The lowest BCUT2D eigenvalue weighted by atomic mass is 9.76. The summed E-state index contributed by atoms with van der Waals surface area (Å²) in [6, 6.07) is 48.2. The molecule has 4 aliphatic carbocycles. The van der Waals surface area contributed by atoms with Gasteiger partial charge in [0.05, 0.1) is 29.9 Å². The van der Waals surface area contributed by atoms with E-state index in [1.165, 1.54) is 34.8 Å². The molecule has 13 rings (SSSR count). The quantitative estimate of drug-likeness (QED) is 0.0332. The maximum absolute atomic E-state index is 15.7. The molecule has 15 heteroatoms. The van der Waals surface area contributed by atoms with Gasteiger partial charge in [0.2, 0.25) is 10.8 Å². The lowest BCUT2D eigenvalue weighted by Crippen LogP contribution is -2.46. The molecule has 0 saturated heterocycles.